The fourth-order valence-electron chi connectivity index (χ4n) is 3.24. The second-order valence-corrected chi connectivity index (χ2v) is 8.56. The fraction of sp³-hybridized carbons (Fsp3) is 0.160. The van der Waals surface area contributed by atoms with E-state index in [9.17, 15) is 4.79 Å². The molecule has 0 fully saturated rings. The molecule has 0 saturated heterocycles. The van der Waals surface area contributed by atoms with Crippen LogP contribution in [0, 0.1) is 6.92 Å². The molecule has 1 amide bonds. The van der Waals surface area contributed by atoms with E-state index in [-0.39, 0.29) is 11.2 Å². The van der Waals surface area contributed by atoms with Crippen LogP contribution >= 0.6 is 11.8 Å². The van der Waals surface area contributed by atoms with Gasteiger partial charge in [0.05, 0.1) is 5.25 Å². The Morgan fingerprint density at radius 2 is 1.57 bits per heavy atom. The molecule has 0 saturated carbocycles. The quantitative estimate of drug-likeness (QED) is 0.430. The van der Waals surface area contributed by atoms with Gasteiger partial charge in [0, 0.05) is 22.9 Å². The van der Waals surface area contributed by atoms with Gasteiger partial charge < -0.3 is 5.32 Å². The SMILES string of the molecule is Cc1ccc(CNC(=O)[C@H](C)Sc2nnc(-c3ccccc3)c3ccccc23)cc1. The van der Waals surface area contributed by atoms with Crippen LogP contribution in [0.25, 0.3) is 22.0 Å². The van der Waals surface area contributed by atoms with E-state index in [1.54, 1.807) is 0 Å². The van der Waals surface area contributed by atoms with Crippen molar-refractivity contribution in [2.45, 2.75) is 30.7 Å². The lowest BCUT2D eigenvalue weighted by atomic mass is 10.1. The number of nitrogens with one attached hydrogen (secondary N) is 1. The number of thioether (sulfide) groups is 1. The van der Waals surface area contributed by atoms with Crippen LogP contribution < -0.4 is 5.32 Å². The van der Waals surface area contributed by atoms with E-state index >= 15 is 0 Å². The lowest BCUT2D eigenvalue weighted by molar-refractivity contribution is -0.120. The number of aryl methyl sites for hydroxylation is 1. The van der Waals surface area contributed by atoms with Crippen molar-refractivity contribution in [2.24, 2.45) is 0 Å². The molecule has 1 aromatic heterocycles. The summed E-state index contributed by atoms with van der Waals surface area (Å²) in [6, 6.07) is 26.3. The molecule has 4 rings (SSSR count). The number of carbonyl (C=O) groups is 1. The maximum atomic E-state index is 12.6. The smallest absolute Gasteiger partial charge is 0.233 e. The highest BCUT2D eigenvalue weighted by Crippen LogP contribution is 2.33. The highest BCUT2D eigenvalue weighted by molar-refractivity contribution is 8.00. The molecule has 30 heavy (non-hydrogen) atoms. The molecule has 0 aliphatic rings. The second kappa shape index (κ2) is 9.09. The Labute approximate surface area is 180 Å². The van der Waals surface area contributed by atoms with Crippen LogP contribution in [0.4, 0.5) is 0 Å². The van der Waals surface area contributed by atoms with Gasteiger partial charge in [-0.1, -0.05) is 96.2 Å². The average Bonchev–Trinajstić information content (AvgIpc) is 2.79. The number of carbonyl (C=O) groups excluding carboxylic acids is 1. The van der Waals surface area contributed by atoms with E-state index < -0.39 is 0 Å². The van der Waals surface area contributed by atoms with Gasteiger partial charge in [-0.05, 0) is 19.4 Å². The standard InChI is InChI=1S/C25H23N3OS/c1-17-12-14-19(15-13-17)16-26-24(29)18(2)30-25-22-11-7-6-10-21(22)23(27-28-25)20-8-4-3-5-9-20/h3-15,18H,16H2,1-2H3,(H,26,29)/t18-/m0/s1. The van der Waals surface area contributed by atoms with Gasteiger partial charge in [-0.15, -0.1) is 10.2 Å². The maximum Gasteiger partial charge on any atom is 0.233 e. The second-order valence-electron chi connectivity index (χ2n) is 7.23. The van der Waals surface area contributed by atoms with Gasteiger partial charge in [0.25, 0.3) is 0 Å². The minimum absolute atomic E-state index is 0.0152. The summed E-state index contributed by atoms with van der Waals surface area (Å²) in [5.41, 5.74) is 4.18. The van der Waals surface area contributed by atoms with Crippen molar-refractivity contribution < 1.29 is 4.79 Å². The summed E-state index contributed by atoms with van der Waals surface area (Å²) in [6.07, 6.45) is 0. The van der Waals surface area contributed by atoms with Crippen LogP contribution in [0.3, 0.4) is 0 Å². The van der Waals surface area contributed by atoms with Crippen molar-refractivity contribution in [2.75, 3.05) is 0 Å². The summed E-state index contributed by atoms with van der Waals surface area (Å²) in [6.45, 7) is 4.47. The minimum atomic E-state index is -0.282. The van der Waals surface area contributed by atoms with Gasteiger partial charge >= 0.3 is 0 Å². The van der Waals surface area contributed by atoms with Gasteiger partial charge in [-0.3, -0.25) is 4.79 Å². The molecular formula is C25H23N3OS. The van der Waals surface area contributed by atoms with Crippen molar-refractivity contribution in [1.82, 2.24) is 15.5 Å². The van der Waals surface area contributed by atoms with E-state index in [1.165, 1.54) is 17.3 Å². The first kappa shape index (κ1) is 20.1. The predicted molar refractivity (Wildman–Crippen MR) is 123 cm³/mol. The lowest BCUT2D eigenvalue weighted by Crippen LogP contribution is -2.30. The molecule has 0 aliphatic carbocycles. The number of hydrogen-bond acceptors (Lipinski definition) is 4. The van der Waals surface area contributed by atoms with Gasteiger partial charge in [-0.25, -0.2) is 0 Å². The first-order valence-corrected chi connectivity index (χ1v) is 10.8. The summed E-state index contributed by atoms with van der Waals surface area (Å²) < 4.78 is 0. The summed E-state index contributed by atoms with van der Waals surface area (Å²) in [5, 5.41) is 14.5. The molecule has 0 unspecified atom stereocenters. The summed E-state index contributed by atoms with van der Waals surface area (Å²) in [7, 11) is 0. The third-order valence-corrected chi connectivity index (χ3v) is 6.04. The number of benzene rings is 3. The molecule has 150 valence electrons. The average molecular weight is 414 g/mol. The molecular weight excluding hydrogens is 390 g/mol. The summed E-state index contributed by atoms with van der Waals surface area (Å²) in [5.74, 6) is -0.0152. The van der Waals surface area contributed by atoms with Crippen molar-refractivity contribution >= 4 is 28.4 Å². The van der Waals surface area contributed by atoms with Gasteiger partial charge in [0.1, 0.15) is 10.7 Å². The zero-order chi connectivity index (χ0) is 20.9. The molecule has 0 aliphatic heterocycles. The first-order chi connectivity index (χ1) is 14.6. The number of aromatic nitrogens is 2. The summed E-state index contributed by atoms with van der Waals surface area (Å²) >= 11 is 1.44. The number of hydrogen-bond donors (Lipinski definition) is 1. The highest BCUT2D eigenvalue weighted by Gasteiger charge is 2.18. The van der Waals surface area contributed by atoms with Crippen LogP contribution in [0.2, 0.25) is 0 Å². The molecule has 1 heterocycles. The summed E-state index contributed by atoms with van der Waals surface area (Å²) in [4.78, 5) is 12.6. The van der Waals surface area contributed by atoms with Crippen molar-refractivity contribution in [3.8, 4) is 11.3 Å². The van der Waals surface area contributed by atoms with Crippen LogP contribution in [0.1, 0.15) is 18.1 Å². The zero-order valence-electron chi connectivity index (χ0n) is 17.0. The Balaban J connectivity index is 1.52. The van der Waals surface area contributed by atoms with Crippen molar-refractivity contribution in [3.63, 3.8) is 0 Å². The van der Waals surface area contributed by atoms with E-state index in [0.717, 1.165) is 32.6 Å². The fourth-order valence-corrected chi connectivity index (χ4v) is 4.15. The van der Waals surface area contributed by atoms with Crippen LogP contribution in [-0.2, 0) is 11.3 Å². The van der Waals surface area contributed by atoms with E-state index in [0.29, 0.717) is 6.54 Å². The van der Waals surface area contributed by atoms with Crippen LogP contribution in [0.5, 0.6) is 0 Å². The number of amides is 1. The molecule has 0 radical (unpaired) electrons. The van der Waals surface area contributed by atoms with Gasteiger partial charge in [0.15, 0.2) is 0 Å². The third kappa shape index (κ3) is 4.52. The molecule has 0 bridgehead atoms. The van der Waals surface area contributed by atoms with Gasteiger partial charge in [0.2, 0.25) is 5.91 Å². The van der Waals surface area contributed by atoms with Crippen molar-refractivity contribution in [3.05, 3.63) is 90.0 Å². The maximum absolute atomic E-state index is 12.6. The van der Waals surface area contributed by atoms with E-state index in [2.05, 4.69) is 40.6 Å². The monoisotopic (exact) mass is 413 g/mol. The Morgan fingerprint density at radius 3 is 2.30 bits per heavy atom. The molecule has 3 aromatic carbocycles. The molecule has 4 nitrogen and oxygen atoms in total. The normalized spacial score (nSPS) is 11.9. The highest BCUT2D eigenvalue weighted by atomic mass is 32.2. The number of fused-ring (bicyclic) bond motifs is 1. The first-order valence-electron chi connectivity index (χ1n) is 9.92. The molecule has 5 heteroatoms. The molecule has 0 spiro atoms. The van der Waals surface area contributed by atoms with E-state index in [4.69, 9.17) is 0 Å². The number of nitrogens with zero attached hydrogens (tertiary/aromatic N) is 2. The molecule has 1 N–H and O–H groups in total. The van der Waals surface area contributed by atoms with Crippen LogP contribution in [-0.4, -0.2) is 21.4 Å². The molecule has 1 atom stereocenters. The van der Waals surface area contributed by atoms with E-state index in [1.807, 2.05) is 67.6 Å². The Hall–Kier alpha value is -3.18. The predicted octanol–water partition coefficient (Wildman–Crippen LogP) is 5.40. The lowest BCUT2D eigenvalue weighted by Gasteiger charge is -2.14. The van der Waals surface area contributed by atoms with Crippen molar-refractivity contribution in [1.29, 1.82) is 0 Å². The third-order valence-electron chi connectivity index (χ3n) is 4.95. The zero-order valence-corrected chi connectivity index (χ0v) is 17.8. The Kier molecular flexibility index (Phi) is 6.10. The Morgan fingerprint density at radius 1 is 0.900 bits per heavy atom. The minimum Gasteiger partial charge on any atom is -0.351 e. The van der Waals surface area contributed by atoms with Crippen LogP contribution in [0.15, 0.2) is 83.9 Å². The Bertz CT molecular complexity index is 1160. The largest absolute Gasteiger partial charge is 0.351 e. The van der Waals surface area contributed by atoms with Gasteiger partial charge in [-0.2, -0.15) is 0 Å². The topological polar surface area (TPSA) is 54.9 Å². The number of rotatable bonds is 6. The molecule has 4 aromatic rings.